The van der Waals surface area contributed by atoms with E-state index in [1.165, 1.54) is 11.8 Å². The maximum Gasteiger partial charge on any atom is 0.252 e. The zero-order valence-electron chi connectivity index (χ0n) is 14.8. The standard InChI is InChI=1S/C19H23N3O3S/c1-15(26-14-16-5-3-2-4-6-16)19(23)21-20-13-17-7-8-18(25-17)22-9-11-24-12-10-22/h2-8,13,15H,9-12,14H2,1H3,(H,21,23)/b20-13-/t15-/m0/s1. The molecule has 1 atom stereocenters. The average molecular weight is 373 g/mol. The zero-order chi connectivity index (χ0) is 18.2. The number of anilines is 1. The van der Waals surface area contributed by atoms with Gasteiger partial charge in [-0.2, -0.15) is 5.10 Å². The molecule has 0 aliphatic carbocycles. The third-order valence-corrected chi connectivity index (χ3v) is 5.23. The van der Waals surface area contributed by atoms with Gasteiger partial charge < -0.3 is 14.1 Å². The van der Waals surface area contributed by atoms with Crippen LogP contribution in [-0.2, 0) is 15.3 Å². The summed E-state index contributed by atoms with van der Waals surface area (Å²) >= 11 is 1.58. The van der Waals surface area contributed by atoms with Crippen LogP contribution in [-0.4, -0.2) is 43.7 Å². The van der Waals surface area contributed by atoms with Gasteiger partial charge in [-0.05, 0) is 18.6 Å². The molecule has 1 aromatic heterocycles. The van der Waals surface area contributed by atoms with Gasteiger partial charge in [0, 0.05) is 24.9 Å². The van der Waals surface area contributed by atoms with Crippen molar-refractivity contribution in [2.24, 2.45) is 5.10 Å². The Morgan fingerprint density at radius 2 is 2.04 bits per heavy atom. The van der Waals surface area contributed by atoms with Crippen molar-refractivity contribution in [1.29, 1.82) is 0 Å². The highest BCUT2D eigenvalue weighted by atomic mass is 32.2. The predicted octanol–water partition coefficient (Wildman–Crippen LogP) is 2.89. The quantitative estimate of drug-likeness (QED) is 0.597. The Kier molecular flexibility index (Phi) is 6.74. The fourth-order valence-corrected chi connectivity index (χ4v) is 3.33. The number of carbonyl (C=O) groups excluding carboxylic acids is 1. The molecule has 1 amide bonds. The number of hydrogen-bond acceptors (Lipinski definition) is 6. The molecule has 3 rings (SSSR count). The zero-order valence-corrected chi connectivity index (χ0v) is 15.6. The van der Waals surface area contributed by atoms with Gasteiger partial charge in [-0.3, -0.25) is 4.79 Å². The maximum atomic E-state index is 12.1. The van der Waals surface area contributed by atoms with E-state index in [2.05, 4.69) is 27.6 Å². The highest BCUT2D eigenvalue weighted by Crippen LogP contribution is 2.19. The summed E-state index contributed by atoms with van der Waals surface area (Å²) in [7, 11) is 0. The molecule has 1 aromatic carbocycles. The average Bonchev–Trinajstić information content (AvgIpc) is 3.16. The number of thioether (sulfide) groups is 1. The van der Waals surface area contributed by atoms with E-state index in [1.807, 2.05) is 37.3 Å². The van der Waals surface area contributed by atoms with E-state index >= 15 is 0 Å². The van der Waals surface area contributed by atoms with Crippen LogP contribution >= 0.6 is 11.8 Å². The van der Waals surface area contributed by atoms with Crippen LogP contribution in [0.1, 0.15) is 18.2 Å². The van der Waals surface area contributed by atoms with E-state index in [0.29, 0.717) is 19.0 Å². The first-order valence-corrected chi connectivity index (χ1v) is 9.68. The molecular weight excluding hydrogens is 350 g/mol. The summed E-state index contributed by atoms with van der Waals surface area (Å²) in [5.41, 5.74) is 3.77. The number of nitrogens with zero attached hydrogens (tertiary/aromatic N) is 2. The molecule has 0 spiro atoms. The number of hydrazone groups is 1. The lowest BCUT2D eigenvalue weighted by Gasteiger charge is -2.26. The van der Waals surface area contributed by atoms with Crippen LogP contribution in [0.15, 0.2) is 52.0 Å². The van der Waals surface area contributed by atoms with E-state index in [-0.39, 0.29) is 11.2 Å². The van der Waals surface area contributed by atoms with Gasteiger partial charge >= 0.3 is 0 Å². The lowest BCUT2D eigenvalue weighted by atomic mass is 10.2. The topological polar surface area (TPSA) is 67.1 Å². The summed E-state index contributed by atoms with van der Waals surface area (Å²) in [6, 6.07) is 13.8. The van der Waals surface area contributed by atoms with Crippen LogP contribution in [0.25, 0.3) is 0 Å². The van der Waals surface area contributed by atoms with Crippen molar-refractivity contribution in [2.75, 3.05) is 31.2 Å². The summed E-state index contributed by atoms with van der Waals surface area (Å²) in [4.78, 5) is 14.2. The SMILES string of the molecule is C[C@H](SCc1ccccc1)C(=O)N/N=C\c1ccc(N2CCOCC2)o1. The van der Waals surface area contributed by atoms with Crippen LogP contribution in [0.3, 0.4) is 0 Å². The fourth-order valence-electron chi connectivity index (χ4n) is 2.49. The molecule has 1 saturated heterocycles. The van der Waals surface area contributed by atoms with Crippen molar-refractivity contribution in [3.63, 3.8) is 0 Å². The summed E-state index contributed by atoms with van der Waals surface area (Å²) in [6.07, 6.45) is 1.52. The smallest absolute Gasteiger partial charge is 0.252 e. The summed E-state index contributed by atoms with van der Waals surface area (Å²) in [5.74, 6) is 2.08. The van der Waals surface area contributed by atoms with E-state index in [9.17, 15) is 4.79 Å². The number of ether oxygens (including phenoxy) is 1. The van der Waals surface area contributed by atoms with Crippen molar-refractivity contribution in [3.8, 4) is 0 Å². The summed E-state index contributed by atoms with van der Waals surface area (Å²) in [6.45, 7) is 4.92. The second-order valence-corrected chi connectivity index (χ2v) is 7.28. The third kappa shape index (κ3) is 5.37. The minimum absolute atomic E-state index is 0.123. The predicted molar refractivity (Wildman–Crippen MR) is 105 cm³/mol. The number of nitrogens with one attached hydrogen (secondary N) is 1. The minimum Gasteiger partial charge on any atom is -0.440 e. The van der Waals surface area contributed by atoms with E-state index in [1.54, 1.807) is 11.8 Å². The van der Waals surface area contributed by atoms with Gasteiger partial charge in [0.2, 0.25) is 0 Å². The van der Waals surface area contributed by atoms with Crippen LogP contribution in [0.4, 0.5) is 5.88 Å². The molecule has 1 fully saturated rings. The molecule has 2 aromatic rings. The van der Waals surface area contributed by atoms with Crippen LogP contribution in [0.5, 0.6) is 0 Å². The number of hydrogen-bond donors (Lipinski definition) is 1. The molecule has 26 heavy (non-hydrogen) atoms. The number of furan rings is 1. The lowest BCUT2D eigenvalue weighted by Crippen LogP contribution is -2.35. The maximum absolute atomic E-state index is 12.1. The normalized spacial score (nSPS) is 16.0. The third-order valence-electron chi connectivity index (χ3n) is 4.01. The summed E-state index contributed by atoms with van der Waals surface area (Å²) in [5, 5.41) is 3.81. The molecule has 1 aliphatic rings. The summed E-state index contributed by atoms with van der Waals surface area (Å²) < 4.78 is 11.1. The molecule has 0 radical (unpaired) electrons. The monoisotopic (exact) mass is 373 g/mol. The first-order chi connectivity index (χ1) is 12.7. The van der Waals surface area contributed by atoms with Crippen LogP contribution in [0.2, 0.25) is 0 Å². The van der Waals surface area contributed by atoms with Gasteiger partial charge in [-0.1, -0.05) is 30.3 Å². The largest absolute Gasteiger partial charge is 0.440 e. The highest BCUT2D eigenvalue weighted by molar-refractivity contribution is 7.99. The van der Waals surface area contributed by atoms with E-state index in [0.717, 1.165) is 24.7 Å². The Morgan fingerprint density at radius 3 is 2.81 bits per heavy atom. The van der Waals surface area contributed by atoms with Crippen molar-refractivity contribution in [2.45, 2.75) is 17.9 Å². The van der Waals surface area contributed by atoms with Crippen molar-refractivity contribution < 1.29 is 13.9 Å². The molecule has 7 heteroatoms. The van der Waals surface area contributed by atoms with Crippen LogP contribution in [0, 0.1) is 0 Å². The number of carbonyl (C=O) groups is 1. The second kappa shape index (κ2) is 9.45. The molecule has 1 aliphatic heterocycles. The Labute approximate surface area is 157 Å². The van der Waals surface area contributed by atoms with E-state index in [4.69, 9.17) is 9.15 Å². The molecule has 0 saturated carbocycles. The number of benzene rings is 1. The fraction of sp³-hybridized carbons (Fsp3) is 0.368. The number of morpholine rings is 1. The van der Waals surface area contributed by atoms with Gasteiger partial charge in [0.1, 0.15) is 5.76 Å². The lowest BCUT2D eigenvalue weighted by molar-refractivity contribution is -0.120. The molecule has 0 bridgehead atoms. The molecule has 2 heterocycles. The first kappa shape index (κ1) is 18.5. The van der Waals surface area contributed by atoms with Gasteiger partial charge in [0.25, 0.3) is 5.91 Å². The molecule has 138 valence electrons. The molecular formula is C19H23N3O3S. The second-order valence-electron chi connectivity index (χ2n) is 5.95. The Morgan fingerprint density at radius 1 is 1.27 bits per heavy atom. The van der Waals surface area contributed by atoms with E-state index < -0.39 is 0 Å². The Hall–Kier alpha value is -2.25. The van der Waals surface area contributed by atoms with Gasteiger partial charge in [-0.25, -0.2) is 5.43 Å². The molecule has 1 N–H and O–H groups in total. The first-order valence-electron chi connectivity index (χ1n) is 8.63. The van der Waals surface area contributed by atoms with Crippen LogP contribution < -0.4 is 10.3 Å². The van der Waals surface area contributed by atoms with Crippen molar-refractivity contribution in [1.82, 2.24) is 5.43 Å². The Balaban J connectivity index is 1.44. The van der Waals surface area contributed by atoms with Gasteiger partial charge in [-0.15, -0.1) is 11.8 Å². The molecule has 0 unspecified atom stereocenters. The molecule has 6 nitrogen and oxygen atoms in total. The highest BCUT2D eigenvalue weighted by Gasteiger charge is 2.15. The number of rotatable bonds is 7. The number of amides is 1. The van der Waals surface area contributed by atoms with Gasteiger partial charge in [0.05, 0.1) is 24.7 Å². The van der Waals surface area contributed by atoms with Crippen molar-refractivity contribution >= 4 is 29.8 Å². The minimum atomic E-state index is -0.187. The Bertz CT molecular complexity index is 727. The van der Waals surface area contributed by atoms with Crippen molar-refractivity contribution in [3.05, 3.63) is 53.8 Å². The van der Waals surface area contributed by atoms with Gasteiger partial charge in [0.15, 0.2) is 5.88 Å².